The van der Waals surface area contributed by atoms with Crippen LogP contribution in [0.5, 0.6) is 5.75 Å². The van der Waals surface area contributed by atoms with Crippen LogP contribution in [0.25, 0.3) is 0 Å². The number of aryl methyl sites for hydroxylation is 1. The summed E-state index contributed by atoms with van der Waals surface area (Å²) in [6, 6.07) is 6.85. The van der Waals surface area contributed by atoms with Crippen molar-refractivity contribution in [3.63, 3.8) is 0 Å². The standard InChI is InChI=1S/C14H14FNO/c1-10-9-16-6-5-11(10)7-12-3-4-13(17-2)8-14(12)15/h3-6,8-9H,7H2,1-2H3. The number of hydrogen-bond acceptors (Lipinski definition) is 2. The van der Waals surface area contributed by atoms with Gasteiger partial charge in [0.25, 0.3) is 0 Å². The van der Waals surface area contributed by atoms with Gasteiger partial charge in [0.1, 0.15) is 11.6 Å². The molecular weight excluding hydrogens is 217 g/mol. The predicted molar refractivity (Wildman–Crippen MR) is 64.7 cm³/mol. The fraction of sp³-hybridized carbons (Fsp3) is 0.214. The molecule has 0 bridgehead atoms. The summed E-state index contributed by atoms with van der Waals surface area (Å²) in [7, 11) is 1.53. The highest BCUT2D eigenvalue weighted by Crippen LogP contribution is 2.20. The monoisotopic (exact) mass is 231 g/mol. The molecule has 0 saturated carbocycles. The van der Waals surface area contributed by atoms with Gasteiger partial charge in [-0.3, -0.25) is 4.98 Å². The van der Waals surface area contributed by atoms with E-state index in [1.54, 1.807) is 24.5 Å². The van der Waals surface area contributed by atoms with Crippen molar-refractivity contribution in [3.8, 4) is 5.75 Å². The van der Waals surface area contributed by atoms with Crippen molar-refractivity contribution in [3.05, 3.63) is 59.2 Å². The van der Waals surface area contributed by atoms with E-state index in [1.165, 1.54) is 13.2 Å². The fourth-order valence-electron chi connectivity index (χ4n) is 1.70. The van der Waals surface area contributed by atoms with Crippen LogP contribution in [-0.2, 0) is 6.42 Å². The minimum absolute atomic E-state index is 0.236. The summed E-state index contributed by atoms with van der Waals surface area (Å²) >= 11 is 0. The first-order valence-electron chi connectivity index (χ1n) is 5.42. The van der Waals surface area contributed by atoms with Gasteiger partial charge in [0.2, 0.25) is 0 Å². The average molecular weight is 231 g/mol. The molecule has 1 aromatic carbocycles. The van der Waals surface area contributed by atoms with Gasteiger partial charge in [-0.25, -0.2) is 4.39 Å². The quantitative estimate of drug-likeness (QED) is 0.809. The molecule has 0 spiro atoms. The summed E-state index contributed by atoms with van der Waals surface area (Å²) in [5.74, 6) is 0.304. The van der Waals surface area contributed by atoms with Crippen molar-refractivity contribution >= 4 is 0 Å². The van der Waals surface area contributed by atoms with Gasteiger partial charge in [-0.2, -0.15) is 0 Å². The molecule has 0 N–H and O–H groups in total. The first kappa shape index (κ1) is 11.6. The van der Waals surface area contributed by atoms with Crippen LogP contribution >= 0.6 is 0 Å². The number of benzene rings is 1. The van der Waals surface area contributed by atoms with E-state index in [2.05, 4.69) is 4.98 Å². The van der Waals surface area contributed by atoms with E-state index in [1.807, 2.05) is 13.0 Å². The van der Waals surface area contributed by atoms with E-state index in [0.29, 0.717) is 17.7 Å². The number of ether oxygens (including phenoxy) is 1. The highest BCUT2D eigenvalue weighted by Gasteiger charge is 2.06. The summed E-state index contributed by atoms with van der Waals surface area (Å²) < 4.78 is 18.7. The SMILES string of the molecule is COc1ccc(Cc2ccncc2C)c(F)c1. The Balaban J connectivity index is 2.28. The van der Waals surface area contributed by atoms with Crippen LogP contribution in [0.4, 0.5) is 4.39 Å². The normalized spacial score (nSPS) is 10.3. The topological polar surface area (TPSA) is 22.1 Å². The molecule has 0 aliphatic heterocycles. The van der Waals surface area contributed by atoms with Gasteiger partial charge in [0, 0.05) is 24.9 Å². The van der Waals surface area contributed by atoms with Crippen molar-refractivity contribution in [2.45, 2.75) is 13.3 Å². The largest absolute Gasteiger partial charge is 0.497 e. The first-order valence-corrected chi connectivity index (χ1v) is 5.42. The molecular formula is C14H14FNO. The second-order valence-corrected chi connectivity index (χ2v) is 3.94. The zero-order valence-corrected chi connectivity index (χ0v) is 9.90. The Hall–Kier alpha value is -1.90. The van der Waals surface area contributed by atoms with Gasteiger partial charge < -0.3 is 4.74 Å². The Kier molecular flexibility index (Phi) is 3.38. The zero-order valence-electron chi connectivity index (χ0n) is 9.90. The smallest absolute Gasteiger partial charge is 0.130 e. The Morgan fingerprint density at radius 2 is 2.06 bits per heavy atom. The van der Waals surface area contributed by atoms with Gasteiger partial charge in [-0.05, 0) is 35.7 Å². The molecule has 0 atom stereocenters. The molecule has 1 aromatic heterocycles. The molecule has 17 heavy (non-hydrogen) atoms. The first-order chi connectivity index (χ1) is 8.20. The van der Waals surface area contributed by atoms with Crippen LogP contribution in [0.2, 0.25) is 0 Å². The van der Waals surface area contributed by atoms with E-state index < -0.39 is 0 Å². The van der Waals surface area contributed by atoms with Crippen molar-refractivity contribution < 1.29 is 9.13 Å². The lowest BCUT2D eigenvalue weighted by Crippen LogP contribution is -1.96. The Labute approximate surface area is 100 Å². The van der Waals surface area contributed by atoms with Crippen LogP contribution in [0, 0.1) is 12.7 Å². The Bertz CT molecular complexity index is 525. The molecule has 2 aromatic rings. The van der Waals surface area contributed by atoms with Gasteiger partial charge in [0.05, 0.1) is 7.11 Å². The van der Waals surface area contributed by atoms with Crippen LogP contribution in [0.1, 0.15) is 16.7 Å². The lowest BCUT2D eigenvalue weighted by Gasteiger charge is -2.07. The van der Waals surface area contributed by atoms with E-state index in [-0.39, 0.29) is 5.82 Å². The third-order valence-electron chi connectivity index (χ3n) is 2.78. The van der Waals surface area contributed by atoms with Gasteiger partial charge in [0.15, 0.2) is 0 Å². The fourth-order valence-corrected chi connectivity index (χ4v) is 1.70. The number of aromatic nitrogens is 1. The molecule has 0 aliphatic rings. The van der Waals surface area contributed by atoms with Gasteiger partial charge >= 0.3 is 0 Å². The predicted octanol–water partition coefficient (Wildman–Crippen LogP) is 3.13. The van der Waals surface area contributed by atoms with E-state index in [0.717, 1.165) is 11.1 Å². The maximum absolute atomic E-state index is 13.8. The second kappa shape index (κ2) is 4.95. The molecule has 0 amide bonds. The van der Waals surface area contributed by atoms with E-state index in [4.69, 9.17) is 4.74 Å². The number of nitrogens with zero attached hydrogens (tertiary/aromatic N) is 1. The highest BCUT2D eigenvalue weighted by atomic mass is 19.1. The molecule has 0 unspecified atom stereocenters. The Morgan fingerprint density at radius 3 is 2.71 bits per heavy atom. The molecule has 2 nitrogen and oxygen atoms in total. The Morgan fingerprint density at radius 1 is 1.24 bits per heavy atom. The molecule has 0 radical (unpaired) electrons. The number of rotatable bonds is 3. The van der Waals surface area contributed by atoms with E-state index >= 15 is 0 Å². The molecule has 2 rings (SSSR count). The average Bonchev–Trinajstić information content (AvgIpc) is 2.34. The molecule has 0 fully saturated rings. The summed E-state index contributed by atoms with van der Waals surface area (Å²) in [5, 5.41) is 0. The number of hydrogen-bond donors (Lipinski definition) is 0. The van der Waals surface area contributed by atoms with E-state index in [9.17, 15) is 4.39 Å². The highest BCUT2D eigenvalue weighted by molar-refractivity contribution is 5.34. The molecule has 0 saturated heterocycles. The van der Waals surface area contributed by atoms with Crippen LogP contribution in [-0.4, -0.2) is 12.1 Å². The molecule has 88 valence electrons. The maximum Gasteiger partial charge on any atom is 0.130 e. The summed E-state index contributed by atoms with van der Waals surface area (Å²) in [6.45, 7) is 1.98. The minimum atomic E-state index is -0.236. The van der Waals surface area contributed by atoms with Crippen molar-refractivity contribution in [1.29, 1.82) is 0 Å². The van der Waals surface area contributed by atoms with Crippen molar-refractivity contribution in [2.24, 2.45) is 0 Å². The second-order valence-electron chi connectivity index (χ2n) is 3.94. The van der Waals surface area contributed by atoms with Crippen molar-refractivity contribution in [2.75, 3.05) is 7.11 Å². The van der Waals surface area contributed by atoms with Gasteiger partial charge in [-0.1, -0.05) is 6.07 Å². The lowest BCUT2D eigenvalue weighted by atomic mass is 10.0. The number of methoxy groups -OCH3 is 1. The van der Waals surface area contributed by atoms with Crippen LogP contribution < -0.4 is 4.74 Å². The molecule has 1 heterocycles. The summed E-state index contributed by atoms with van der Waals surface area (Å²) in [6.07, 6.45) is 4.09. The minimum Gasteiger partial charge on any atom is -0.497 e. The zero-order chi connectivity index (χ0) is 12.3. The summed E-state index contributed by atoms with van der Waals surface area (Å²) in [5.41, 5.74) is 2.83. The lowest BCUT2D eigenvalue weighted by molar-refractivity contribution is 0.411. The number of halogens is 1. The van der Waals surface area contributed by atoms with Gasteiger partial charge in [-0.15, -0.1) is 0 Å². The third kappa shape index (κ3) is 2.61. The molecule has 0 aliphatic carbocycles. The van der Waals surface area contributed by atoms with Crippen molar-refractivity contribution in [1.82, 2.24) is 4.98 Å². The summed E-state index contributed by atoms with van der Waals surface area (Å²) in [4.78, 5) is 4.02. The maximum atomic E-state index is 13.8. The molecule has 3 heteroatoms. The van der Waals surface area contributed by atoms with Crippen LogP contribution in [0.3, 0.4) is 0 Å². The third-order valence-corrected chi connectivity index (χ3v) is 2.78. The number of pyridine rings is 1. The van der Waals surface area contributed by atoms with Crippen LogP contribution in [0.15, 0.2) is 36.7 Å².